The van der Waals surface area contributed by atoms with Crippen molar-refractivity contribution in [1.29, 1.82) is 0 Å². The number of rotatable bonds is 3. The fourth-order valence-corrected chi connectivity index (χ4v) is 3.39. The molecule has 4 N–H and O–H groups in total. The van der Waals surface area contributed by atoms with Gasteiger partial charge in [-0.15, -0.1) is 0 Å². The number of H-pyrrole nitrogens is 2. The molecule has 5 rings (SSSR count). The number of nitrogens with zero attached hydrogens (tertiary/aromatic N) is 3. The number of aryl methyl sites for hydroxylation is 1. The number of aromatic amines is 2. The molecule has 0 fully saturated rings. The summed E-state index contributed by atoms with van der Waals surface area (Å²) in [5.41, 5.74) is 8.89. The lowest BCUT2D eigenvalue weighted by Crippen LogP contribution is -2.07. The fraction of sp³-hybridized carbons (Fsp3) is 0.0500. The average Bonchev–Trinajstić information content (AvgIpc) is 3.36. The third-order valence-electron chi connectivity index (χ3n) is 4.71. The van der Waals surface area contributed by atoms with Crippen LogP contribution >= 0.6 is 0 Å². The van der Waals surface area contributed by atoms with Crippen molar-refractivity contribution in [1.82, 2.24) is 24.7 Å². The van der Waals surface area contributed by atoms with Crippen molar-refractivity contribution in [3.63, 3.8) is 0 Å². The second-order valence-electron chi connectivity index (χ2n) is 6.60. The standard InChI is InChI=1S/C20H15FN6O/c1-10-24-16-8-12(7-14(21)18(16)25-10)27-20(22)13(9-23-27)19(28)17-6-11-4-2-3-5-15(11)26-17/h2-9,26H,22H2,1H3,(H,24,25). The number of nitrogen functional groups attached to an aromatic ring is 1. The predicted molar refractivity (Wildman–Crippen MR) is 104 cm³/mol. The van der Waals surface area contributed by atoms with E-state index in [1.165, 1.54) is 16.9 Å². The Labute approximate surface area is 158 Å². The zero-order valence-corrected chi connectivity index (χ0v) is 14.8. The molecule has 7 nitrogen and oxygen atoms in total. The number of anilines is 1. The minimum absolute atomic E-state index is 0.138. The summed E-state index contributed by atoms with van der Waals surface area (Å²) in [5.74, 6) is -0.0260. The molecule has 0 saturated heterocycles. The van der Waals surface area contributed by atoms with Crippen LogP contribution in [0, 0.1) is 12.7 Å². The number of benzene rings is 2. The van der Waals surface area contributed by atoms with E-state index in [1.807, 2.05) is 24.3 Å². The normalized spacial score (nSPS) is 11.5. The SMILES string of the molecule is Cc1nc2c(F)cc(-n3ncc(C(=O)c4cc5ccccc5[nH]4)c3N)cc2[nH]1. The molecular weight excluding hydrogens is 359 g/mol. The molecule has 0 aliphatic heterocycles. The summed E-state index contributed by atoms with van der Waals surface area (Å²) < 4.78 is 15.7. The van der Waals surface area contributed by atoms with Gasteiger partial charge < -0.3 is 15.7 Å². The first-order chi connectivity index (χ1) is 13.5. The van der Waals surface area contributed by atoms with E-state index in [9.17, 15) is 9.18 Å². The van der Waals surface area contributed by atoms with Crippen LogP contribution in [0.3, 0.4) is 0 Å². The Morgan fingerprint density at radius 2 is 1.96 bits per heavy atom. The molecule has 0 radical (unpaired) electrons. The number of fused-ring (bicyclic) bond motifs is 2. The van der Waals surface area contributed by atoms with Gasteiger partial charge in [0.25, 0.3) is 0 Å². The van der Waals surface area contributed by atoms with Crippen molar-refractivity contribution in [3.05, 3.63) is 71.6 Å². The Balaban J connectivity index is 1.58. The summed E-state index contributed by atoms with van der Waals surface area (Å²) in [5, 5.41) is 5.13. The molecule has 0 aliphatic carbocycles. The van der Waals surface area contributed by atoms with Gasteiger partial charge in [-0.2, -0.15) is 5.10 Å². The maximum atomic E-state index is 14.4. The highest BCUT2D eigenvalue weighted by Crippen LogP contribution is 2.25. The number of imidazole rings is 1. The average molecular weight is 374 g/mol. The summed E-state index contributed by atoms with van der Waals surface area (Å²) in [6.07, 6.45) is 1.39. The molecule has 0 saturated carbocycles. The summed E-state index contributed by atoms with van der Waals surface area (Å²) in [7, 11) is 0. The van der Waals surface area contributed by atoms with Crippen LogP contribution < -0.4 is 5.73 Å². The zero-order valence-electron chi connectivity index (χ0n) is 14.8. The van der Waals surface area contributed by atoms with Gasteiger partial charge in [-0.1, -0.05) is 18.2 Å². The molecule has 3 aromatic heterocycles. The largest absolute Gasteiger partial charge is 0.383 e. The zero-order chi connectivity index (χ0) is 19.4. The van der Waals surface area contributed by atoms with Crippen LogP contribution in [0.4, 0.5) is 10.2 Å². The van der Waals surface area contributed by atoms with E-state index in [-0.39, 0.29) is 22.7 Å². The Bertz CT molecular complexity index is 1340. The molecule has 0 spiro atoms. The summed E-state index contributed by atoms with van der Waals surface area (Å²) >= 11 is 0. The van der Waals surface area contributed by atoms with Crippen molar-refractivity contribution >= 4 is 33.5 Å². The fourth-order valence-electron chi connectivity index (χ4n) is 3.39. The van der Waals surface area contributed by atoms with E-state index in [0.29, 0.717) is 22.7 Å². The molecule has 0 aliphatic rings. The van der Waals surface area contributed by atoms with Crippen LogP contribution in [-0.4, -0.2) is 30.5 Å². The Hall–Kier alpha value is -3.94. The maximum absolute atomic E-state index is 14.4. The highest BCUT2D eigenvalue weighted by atomic mass is 19.1. The van der Waals surface area contributed by atoms with Gasteiger partial charge >= 0.3 is 0 Å². The number of halogens is 1. The first-order valence-electron chi connectivity index (χ1n) is 8.63. The quantitative estimate of drug-likeness (QED) is 0.420. The van der Waals surface area contributed by atoms with Gasteiger partial charge in [-0.05, 0) is 25.1 Å². The van der Waals surface area contributed by atoms with Crippen molar-refractivity contribution in [3.8, 4) is 5.69 Å². The van der Waals surface area contributed by atoms with Crippen LogP contribution in [0.1, 0.15) is 21.9 Å². The van der Waals surface area contributed by atoms with Crippen LogP contribution in [0.2, 0.25) is 0 Å². The number of carbonyl (C=O) groups excluding carboxylic acids is 1. The molecule has 0 amide bonds. The van der Waals surface area contributed by atoms with E-state index in [2.05, 4.69) is 20.1 Å². The molecule has 0 bridgehead atoms. The number of hydrogen-bond acceptors (Lipinski definition) is 4. The minimum atomic E-state index is -0.491. The van der Waals surface area contributed by atoms with Gasteiger partial charge in [-0.25, -0.2) is 14.1 Å². The number of carbonyl (C=O) groups is 1. The third kappa shape index (κ3) is 2.38. The van der Waals surface area contributed by atoms with E-state index in [0.717, 1.165) is 10.9 Å². The second kappa shape index (κ2) is 5.78. The van der Waals surface area contributed by atoms with Crippen LogP contribution in [-0.2, 0) is 0 Å². The Morgan fingerprint density at radius 1 is 1.14 bits per heavy atom. The molecule has 28 heavy (non-hydrogen) atoms. The number of ketones is 1. The maximum Gasteiger partial charge on any atom is 0.214 e. The summed E-state index contributed by atoms with van der Waals surface area (Å²) in [4.78, 5) is 23.1. The van der Waals surface area contributed by atoms with Crippen molar-refractivity contribution in [2.45, 2.75) is 6.92 Å². The molecule has 138 valence electrons. The van der Waals surface area contributed by atoms with E-state index in [4.69, 9.17) is 5.73 Å². The second-order valence-corrected chi connectivity index (χ2v) is 6.60. The van der Waals surface area contributed by atoms with Crippen LogP contribution in [0.25, 0.3) is 27.6 Å². The van der Waals surface area contributed by atoms with Gasteiger partial charge in [0.1, 0.15) is 17.2 Å². The number of hydrogen-bond donors (Lipinski definition) is 3. The van der Waals surface area contributed by atoms with Crippen molar-refractivity contribution < 1.29 is 9.18 Å². The third-order valence-corrected chi connectivity index (χ3v) is 4.71. The molecule has 0 unspecified atom stereocenters. The van der Waals surface area contributed by atoms with Gasteiger partial charge in [-0.3, -0.25) is 4.79 Å². The first kappa shape index (κ1) is 16.2. The molecule has 8 heteroatoms. The minimum Gasteiger partial charge on any atom is -0.383 e. The van der Waals surface area contributed by atoms with Crippen molar-refractivity contribution in [2.75, 3.05) is 5.73 Å². The van der Waals surface area contributed by atoms with E-state index in [1.54, 1.807) is 19.1 Å². The van der Waals surface area contributed by atoms with Crippen molar-refractivity contribution in [2.24, 2.45) is 0 Å². The van der Waals surface area contributed by atoms with Gasteiger partial charge in [0.15, 0.2) is 5.82 Å². The smallest absolute Gasteiger partial charge is 0.214 e. The van der Waals surface area contributed by atoms with Gasteiger partial charge in [0, 0.05) is 17.0 Å². The summed E-state index contributed by atoms with van der Waals surface area (Å²) in [6.45, 7) is 1.75. The first-order valence-corrected chi connectivity index (χ1v) is 8.63. The number of nitrogens with two attached hydrogens (primary N) is 1. The number of nitrogens with one attached hydrogen (secondary N) is 2. The highest BCUT2D eigenvalue weighted by Gasteiger charge is 2.20. The Morgan fingerprint density at radius 3 is 2.79 bits per heavy atom. The van der Waals surface area contributed by atoms with E-state index >= 15 is 0 Å². The lowest BCUT2D eigenvalue weighted by Gasteiger charge is -2.05. The van der Waals surface area contributed by atoms with Gasteiger partial charge in [0.05, 0.1) is 28.7 Å². The topological polar surface area (TPSA) is 105 Å². The number of para-hydroxylation sites is 1. The van der Waals surface area contributed by atoms with Crippen LogP contribution in [0.5, 0.6) is 0 Å². The molecule has 0 atom stereocenters. The predicted octanol–water partition coefficient (Wildman–Crippen LogP) is 3.49. The molecule has 2 aromatic carbocycles. The summed E-state index contributed by atoms with van der Waals surface area (Å²) in [6, 6.07) is 12.4. The Kier molecular flexibility index (Phi) is 3.35. The number of aromatic nitrogens is 5. The lowest BCUT2D eigenvalue weighted by atomic mass is 10.1. The lowest BCUT2D eigenvalue weighted by molar-refractivity contribution is 0.103. The van der Waals surface area contributed by atoms with E-state index < -0.39 is 5.82 Å². The van der Waals surface area contributed by atoms with Crippen LogP contribution in [0.15, 0.2) is 48.7 Å². The molecule has 5 aromatic rings. The molecular formula is C20H15FN6O. The van der Waals surface area contributed by atoms with Gasteiger partial charge in [0.2, 0.25) is 5.78 Å². The highest BCUT2D eigenvalue weighted by molar-refractivity contribution is 6.12. The monoisotopic (exact) mass is 374 g/mol. The molecule has 3 heterocycles.